The van der Waals surface area contributed by atoms with Crippen molar-refractivity contribution in [2.45, 2.75) is 13.3 Å². The largest absolute Gasteiger partial charge is 0.496 e. The van der Waals surface area contributed by atoms with Crippen molar-refractivity contribution in [3.05, 3.63) is 65.9 Å². The number of aryl methyl sites for hydroxylation is 1. The molecule has 0 saturated heterocycles. The summed E-state index contributed by atoms with van der Waals surface area (Å²) in [5, 5.41) is 2.81. The lowest BCUT2D eigenvalue weighted by Gasteiger charge is -2.10. The van der Waals surface area contributed by atoms with Crippen molar-refractivity contribution in [2.75, 3.05) is 7.11 Å². The number of methoxy groups -OCH3 is 1. The van der Waals surface area contributed by atoms with E-state index in [9.17, 15) is 4.79 Å². The Morgan fingerprint density at radius 3 is 2.69 bits per heavy atom. The second-order valence-corrected chi connectivity index (χ2v) is 5.94. The standard InChI is InChI=1S/C20H17N3O3/c1-12-21-11-17(26-12)20(24)23-18-10-15-16(25-2)9-8-14(19(15)22-18)13-6-4-3-5-7-13/h3-9,11H,10H2,1-2H3,(H,22,23,24). The van der Waals surface area contributed by atoms with E-state index in [1.165, 1.54) is 6.20 Å². The summed E-state index contributed by atoms with van der Waals surface area (Å²) in [5.41, 5.74) is 3.84. The third kappa shape index (κ3) is 2.86. The van der Waals surface area contributed by atoms with Gasteiger partial charge in [0, 0.05) is 24.5 Å². The van der Waals surface area contributed by atoms with Gasteiger partial charge in [-0.05, 0) is 17.7 Å². The minimum atomic E-state index is -0.364. The van der Waals surface area contributed by atoms with Crippen molar-refractivity contribution < 1.29 is 13.9 Å². The number of amides is 1. The molecule has 1 aliphatic heterocycles. The molecule has 2 heterocycles. The Morgan fingerprint density at radius 1 is 1.19 bits per heavy atom. The molecule has 26 heavy (non-hydrogen) atoms. The number of hydrogen-bond acceptors (Lipinski definition) is 5. The van der Waals surface area contributed by atoms with Crippen LogP contribution in [0.2, 0.25) is 0 Å². The number of rotatable bonds is 3. The molecule has 130 valence electrons. The lowest BCUT2D eigenvalue weighted by atomic mass is 9.99. The van der Waals surface area contributed by atoms with Crippen molar-refractivity contribution in [2.24, 2.45) is 4.99 Å². The van der Waals surface area contributed by atoms with Crippen LogP contribution in [0.15, 0.2) is 58.1 Å². The number of benzene rings is 2. The Bertz CT molecular complexity index is 1010. The van der Waals surface area contributed by atoms with E-state index in [1.54, 1.807) is 14.0 Å². The molecule has 3 aromatic rings. The molecular weight excluding hydrogens is 330 g/mol. The number of aliphatic imine (C=N–C) groups is 1. The maximum Gasteiger partial charge on any atom is 0.294 e. The first-order valence-corrected chi connectivity index (χ1v) is 8.22. The van der Waals surface area contributed by atoms with Gasteiger partial charge in [0.05, 0.1) is 19.0 Å². The highest BCUT2D eigenvalue weighted by molar-refractivity contribution is 6.09. The van der Waals surface area contributed by atoms with Gasteiger partial charge in [0.1, 0.15) is 11.6 Å². The molecule has 0 aliphatic carbocycles. The van der Waals surface area contributed by atoms with E-state index in [0.717, 1.165) is 28.1 Å². The second kappa shape index (κ2) is 6.48. The molecule has 4 rings (SSSR count). The van der Waals surface area contributed by atoms with Crippen LogP contribution in [0.4, 0.5) is 5.69 Å². The Labute approximate surface area is 150 Å². The number of oxazole rings is 1. The van der Waals surface area contributed by atoms with Crippen LogP contribution in [0.5, 0.6) is 5.75 Å². The highest BCUT2D eigenvalue weighted by Crippen LogP contribution is 2.42. The van der Waals surface area contributed by atoms with Gasteiger partial charge in [-0.1, -0.05) is 30.3 Å². The molecule has 6 nitrogen and oxygen atoms in total. The third-order valence-corrected chi connectivity index (χ3v) is 4.24. The van der Waals surface area contributed by atoms with Gasteiger partial charge in [-0.3, -0.25) is 4.79 Å². The maximum absolute atomic E-state index is 12.3. The summed E-state index contributed by atoms with van der Waals surface area (Å²) in [6.07, 6.45) is 1.89. The van der Waals surface area contributed by atoms with E-state index < -0.39 is 0 Å². The number of amidine groups is 1. The van der Waals surface area contributed by atoms with E-state index >= 15 is 0 Å². The molecule has 0 fully saturated rings. The van der Waals surface area contributed by atoms with Crippen LogP contribution in [0, 0.1) is 6.92 Å². The zero-order chi connectivity index (χ0) is 18.1. The van der Waals surface area contributed by atoms with E-state index in [4.69, 9.17) is 9.15 Å². The Balaban J connectivity index is 1.68. The summed E-state index contributed by atoms with van der Waals surface area (Å²) in [7, 11) is 1.63. The number of aromatic nitrogens is 1. The normalized spacial score (nSPS) is 12.5. The molecule has 0 bridgehead atoms. The van der Waals surface area contributed by atoms with Gasteiger partial charge in [0.2, 0.25) is 5.76 Å². The number of carbonyl (C=O) groups is 1. The highest BCUT2D eigenvalue weighted by Gasteiger charge is 2.24. The van der Waals surface area contributed by atoms with Gasteiger partial charge in [-0.2, -0.15) is 0 Å². The fraction of sp³-hybridized carbons (Fsp3) is 0.150. The molecule has 1 N–H and O–H groups in total. The molecular formula is C20H17N3O3. The lowest BCUT2D eigenvalue weighted by Crippen LogP contribution is -2.30. The van der Waals surface area contributed by atoms with Gasteiger partial charge in [-0.15, -0.1) is 0 Å². The van der Waals surface area contributed by atoms with Crippen molar-refractivity contribution in [1.29, 1.82) is 0 Å². The predicted octanol–water partition coefficient (Wildman–Crippen LogP) is 3.67. The van der Waals surface area contributed by atoms with Crippen LogP contribution in [-0.2, 0) is 6.42 Å². The quantitative estimate of drug-likeness (QED) is 0.784. The minimum Gasteiger partial charge on any atom is -0.496 e. The molecule has 2 aromatic carbocycles. The highest BCUT2D eigenvalue weighted by atomic mass is 16.5. The average Bonchev–Trinajstić information content (AvgIpc) is 3.27. The number of ether oxygens (including phenoxy) is 1. The van der Waals surface area contributed by atoms with Crippen LogP contribution in [0.25, 0.3) is 11.1 Å². The monoisotopic (exact) mass is 347 g/mol. The van der Waals surface area contributed by atoms with Gasteiger partial charge >= 0.3 is 0 Å². The second-order valence-electron chi connectivity index (χ2n) is 5.94. The third-order valence-electron chi connectivity index (χ3n) is 4.24. The molecule has 6 heteroatoms. The molecule has 0 atom stereocenters. The zero-order valence-corrected chi connectivity index (χ0v) is 14.4. The SMILES string of the molecule is COc1ccc(-c2ccccc2)c2c1CC(NC(=O)c1cnc(C)o1)=N2. The fourth-order valence-electron chi connectivity index (χ4n) is 3.03. The topological polar surface area (TPSA) is 76.7 Å². The predicted molar refractivity (Wildman–Crippen MR) is 97.9 cm³/mol. The van der Waals surface area contributed by atoms with E-state index in [2.05, 4.69) is 15.3 Å². The zero-order valence-electron chi connectivity index (χ0n) is 14.4. The maximum atomic E-state index is 12.3. The van der Waals surface area contributed by atoms with E-state index in [0.29, 0.717) is 18.1 Å². The van der Waals surface area contributed by atoms with E-state index in [-0.39, 0.29) is 11.7 Å². The first-order valence-electron chi connectivity index (χ1n) is 8.22. The molecule has 0 radical (unpaired) electrons. The van der Waals surface area contributed by atoms with Crippen molar-refractivity contribution in [3.8, 4) is 16.9 Å². The van der Waals surface area contributed by atoms with Crippen LogP contribution in [0.3, 0.4) is 0 Å². The van der Waals surface area contributed by atoms with Crippen molar-refractivity contribution in [3.63, 3.8) is 0 Å². The molecule has 0 spiro atoms. The summed E-state index contributed by atoms with van der Waals surface area (Å²) in [6, 6.07) is 13.9. The van der Waals surface area contributed by atoms with Gasteiger partial charge in [0.25, 0.3) is 5.91 Å². The summed E-state index contributed by atoms with van der Waals surface area (Å²) in [4.78, 5) is 20.9. The van der Waals surface area contributed by atoms with Gasteiger partial charge < -0.3 is 14.5 Å². The summed E-state index contributed by atoms with van der Waals surface area (Å²) in [5.74, 6) is 1.55. The number of nitrogens with one attached hydrogen (secondary N) is 1. The lowest BCUT2D eigenvalue weighted by molar-refractivity contribution is 0.0948. The van der Waals surface area contributed by atoms with Crippen molar-refractivity contribution in [1.82, 2.24) is 10.3 Å². The Hall–Kier alpha value is -3.41. The van der Waals surface area contributed by atoms with Crippen LogP contribution in [-0.4, -0.2) is 23.8 Å². The molecule has 0 unspecified atom stereocenters. The number of hydrogen-bond donors (Lipinski definition) is 1. The van der Waals surface area contributed by atoms with Crippen LogP contribution in [0.1, 0.15) is 22.0 Å². The van der Waals surface area contributed by atoms with Crippen LogP contribution >= 0.6 is 0 Å². The smallest absolute Gasteiger partial charge is 0.294 e. The van der Waals surface area contributed by atoms with Crippen molar-refractivity contribution >= 4 is 17.4 Å². The first kappa shape index (κ1) is 16.1. The first-order chi connectivity index (χ1) is 12.7. The van der Waals surface area contributed by atoms with E-state index in [1.807, 2.05) is 42.5 Å². The number of carbonyl (C=O) groups excluding carboxylic acids is 1. The Morgan fingerprint density at radius 2 is 2.00 bits per heavy atom. The molecule has 0 saturated carbocycles. The number of fused-ring (bicyclic) bond motifs is 1. The summed E-state index contributed by atoms with van der Waals surface area (Å²) < 4.78 is 10.7. The fourth-order valence-corrected chi connectivity index (χ4v) is 3.03. The number of nitrogens with zero attached hydrogens (tertiary/aromatic N) is 2. The molecule has 1 amide bonds. The van der Waals surface area contributed by atoms with Gasteiger partial charge in [0.15, 0.2) is 5.89 Å². The van der Waals surface area contributed by atoms with Crippen LogP contribution < -0.4 is 10.1 Å². The molecule has 1 aromatic heterocycles. The summed E-state index contributed by atoms with van der Waals surface area (Å²) in [6.45, 7) is 1.69. The summed E-state index contributed by atoms with van der Waals surface area (Å²) >= 11 is 0. The van der Waals surface area contributed by atoms with Gasteiger partial charge in [-0.25, -0.2) is 9.98 Å². The average molecular weight is 347 g/mol. The Kier molecular flexibility index (Phi) is 4.01. The molecule has 1 aliphatic rings. The minimum absolute atomic E-state index is 0.163.